The second kappa shape index (κ2) is 8.00. The van der Waals surface area contributed by atoms with Crippen LogP contribution in [0.4, 0.5) is 0 Å². The van der Waals surface area contributed by atoms with Crippen LogP contribution in [-0.4, -0.2) is 37.8 Å². The largest absolute Gasteiger partial charge is 0.464 e. The van der Waals surface area contributed by atoms with Gasteiger partial charge in [0.15, 0.2) is 11.5 Å². The molecule has 0 saturated heterocycles. The van der Waals surface area contributed by atoms with Crippen molar-refractivity contribution in [2.75, 3.05) is 7.11 Å². The first-order valence-electron chi connectivity index (χ1n) is 8.63. The van der Waals surface area contributed by atoms with Crippen LogP contribution in [0.25, 0.3) is 5.76 Å². The number of esters is 2. The van der Waals surface area contributed by atoms with Gasteiger partial charge in [-0.05, 0) is 54.0 Å². The zero-order chi connectivity index (χ0) is 21.3. The van der Waals surface area contributed by atoms with Crippen molar-refractivity contribution >= 4 is 43.7 Å². The summed E-state index contributed by atoms with van der Waals surface area (Å²) < 4.78 is 38.2. The van der Waals surface area contributed by atoms with E-state index in [1.165, 1.54) is 12.1 Å². The van der Waals surface area contributed by atoms with Gasteiger partial charge >= 0.3 is 11.9 Å². The minimum absolute atomic E-state index is 0.0590. The molecule has 152 valence electrons. The first kappa shape index (κ1) is 21.1. The Hall–Kier alpha value is -2.65. The molecule has 2 aromatic carbocycles. The summed E-state index contributed by atoms with van der Waals surface area (Å²) in [6.45, 7) is 3.23. The van der Waals surface area contributed by atoms with Crippen molar-refractivity contribution in [1.82, 2.24) is 4.31 Å². The maximum absolute atomic E-state index is 13.2. The monoisotopic (exact) mass is 479 g/mol. The number of ether oxygens (including phenoxy) is 2. The van der Waals surface area contributed by atoms with E-state index in [1.54, 1.807) is 50.2 Å². The van der Waals surface area contributed by atoms with E-state index in [0.717, 1.165) is 11.4 Å². The van der Waals surface area contributed by atoms with Gasteiger partial charge in [0.1, 0.15) is 0 Å². The number of methoxy groups -OCH3 is 1. The van der Waals surface area contributed by atoms with E-state index in [9.17, 15) is 18.0 Å². The fourth-order valence-corrected chi connectivity index (χ4v) is 5.33. The highest BCUT2D eigenvalue weighted by Crippen LogP contribution is 2.39. The molecule has 2 aromatic rings. The fraction of sp³-hybridized carbons (Fsp3) is 0.200. The summed E-state index contributed by atoms with van der Waals surface area (Å²) in [5, 5.41) is 0. The molecule has 9 heteroatoms. The fourth-order valence-electron chi connectivity index (χ4n) is 3.03. The highest BCUT2D eigenvalue weighted by atomic mass is 79.9. The van der Waals surface area contributed by atoms with E-state index < -0.39 is 28.0 Å². The summed E-state index contributed by atoms with van der Waals surface area (Å²) in [5.41, 5.74) is -0.00182. The molecule has 0 aliphatic carbocycles. The van der Waals surface area contributed by atoms with Gasteiger partial charge in [0, 0.05) is 16.1 Å². The summed E-state index contributed by atoms with van der Waals surface area (Å²) >= 11 is 3.29. The van der Waals surface area contributed by atoms with E-state index in [4.69, 9.17) is 9.47 Å². The average molecular weight is 480 g/mol. The molecular formula is C20H18BrNO6S. The number of fused-ring (bicyclic) bond motifs is 1. The molecule has 1 aliphatic heterocycles. The maximum Gasteiger partial charge on any atom is 0.359 e. The number of sulfonamides is 1. The molecule has 0 spiro atoms. The Kier molecular flexibility index (Phi) is 5.81. The van der Waals surface area contributed by atoms with Crippen molar-refractivity contribution in [2.45, 2.75) is 24.8 Å². The van der Waals surface area contributed by atoms with E-state index in [2.05, 4.69) is 15.9 Å². The SMILES string of the molecule is COC(=O)C1=C(OC(=O)c2ccccc2Br)c2ccccc2S(=O)(=O)N1C(C)C. The van der Waals surface area contributed by atoms with Crippen molar-refractivity contribution in [3.63, 3.8) is 0 Å². The minimum Gasteiger partial charge on any atom is -0.464 e. The average Bonchev–Trinajstić information content (AvgIpc) is 2.69. The lowest BCUT2D eigenvalue weighted by molar-refractivity contribution is -0.137. The molecule has 0 bridgehead atoms. The van der Waals surface area contributed by atoms with Crippen LogP contribution in [0.3, 0.4) is 0 Å². The van der Waals surface area contributed by atoms with Gasteiger partial charge in [-0.1, -0.05) is 24.3 Å². The van der Waals surface area contributed by atoms with Gasteiger partial charge in [-0.3, -0.25) is 4.31 Å². The van der Waals surface area contributed by atoms with Crippen LogP contribution in [0.1, 0.15) is 29.8 Å². The third-order valence-corrected chi connectivity index (χ3v) is 6.97. The number of carbonyl (C=O) groups excluding carboxylic acids is 2. The Balaban J connectivity index is 2.27. The lowest BCUT2D eigenvalue weighted by atomic mass is 10.1. The van der Waals surface area contributed by atoms with Gasteiger partial charge in [0.25, 0.3) is 10.0 Å². The summed E-state index contributed by atoms with van der Waals surface area (Å²) in [5.74, 6) is -1.84. The molecule has 29 heavy (non-hydrogen) atoms. The van der Waals surface area contributed by atoms with Gasteiger partial charge in [-0.2, -0.15) is 0 Å². The quantitative estimate of drug-likeness (QED) is 0.622. The van der Waals surface area contributed by atoms with Crippen LogP contribution in [0, 0.1) is 0 Å². The molecule has 0 fully saturated rings. The first-order valence-corrected chi connectivity index (χ1v) is 10.9. The minimum atomic E-state index is -4.05. The molecular weight excluding hydrogens is 462 g/mol. The second-order valence-corrected chi connectivity index (χ2v) is 9.07. The summed E-state index contributed by atoms with van der Waals surface area (Å²) in [4.78, 5) is 25.4. The molecule has 0 radical (unpaired) electrons. The zero-order valence-corrected chi connectivity index (χ0v) is 18.3. The van der Waals surface area contributed by atoms with Crippen molar-refractivity contribution in [2.24, 2.45) is 0 Å². The van der Waals surface area contributed by atoms with Gasteiger partial charge in [-0.25, -0.2) is 18.0 Å². The van der Waals surface area contributed by atoms with Gasteiger partial charge < -0.3 is 9.47 Å². The summed E-state index contributed by atoms with van der Waals surface area (Å²) in [6.07, 6.45) is 0. The van der Waals surface area contributed by atoms with Crippen molar-refractivity contribution in [3.05, 3.63) is 69.8 Å². The standard InChI is InChI=1S/C20H18BrNO6S/c1-12(2)22-17(20(24)27-3)18(14-9-5-7-11-16(14)29(22,25)26)28-19(23)13-8-4-6-10-15(13)21/h4-12H,1-3H3. The number of rotatable bonds is 4. The molecule has 3 rings (SSSR count). The van der Waals surface area contributed by atoms with Gasteiger partial charge in [-0.15, -0.1) is 0 Å². The van der Waals surface area contributed by atoms with Crippen LogP contribution in [0.2, 0.25) is 0 Å². The van der Waals surface area contributed by atoms with Crippen LogP contribution < -0.4 is 0 Å². The molecule has 0 amide bonds. The Morgan fingerprint density at radius 2 is 1.62 bits per heavy atom. The number of hydrogen-bond donors (Lipinski definition) is 0. The normalized spacial score (nSPS) is 15.1. The summed E-state index contributed by atoms with van der Waals surface area (Å²) in [6, 6.07) is 12.0. The second-order valence-electron chi connectivity index (χ2n) is 6.43. The molecule has 0 aromatic heterocycles. The smallest absolute Gasteiger partial charge is 0.359 e. The molecule has 0 atom stereocenters. The van der Waals surface area contributed by atoms with Crippen molar-refractivity contribution in [1.29, 1.82) is 0 Å². The lowest BCUT2D eigenvalue weighted by Gasteiger charge is -2.34. The third kappa shape index (κ3) is 3.67. The molecule has 1 heterocycles. The van der Waals surface area contributed by atoms with E-state index in [-0.39, 0.29) is 27.5 Å². The number of hydrogen-bond acceptors (Lipinski definition) is 6. The highest BCUT2D eigenvalue weighted by Gasteiger charge is 2.43. The van der Waals surface area contributed by atoms with E-state index in [0.29, 0.717) is 4.47 Å². The van der Waals surface area contributed by atoms with Crippen molar-refractivity contribution in [3.8, 4) is 0 Å². The Labute approximate surface area is 177 Å². The predicted molar refractivity (Wildman–Crippen MR) is 109 cm³/mol. The van der Waals surface area contributed by atoms with E-state index >= 15 is 0 Å². The zero-order valence-electron chi connectivity index (χ0n) is 15.9. The van der Waals surface area contributed by atoms with Crippen LogP contribution >= 0.6 is 15.9 Å². The van der Waals surface area contributed by atoms with Crippen molar-refractivity contribution < 1.29 is 27.5 Å². The molecule has 0 saturated carbocycles. The van der Waals surface area contributed by atoms with Gasteiger partial charge in [0.05, 0.1) is 17.6 Å². The van der Waals surface area contributed by atoms with E-state index in [1.807, 2.05) is 0 Å². The van der Waals surface area contributed by atoms with Crippen LogP contribution in [-0.2, 0) is 24.3 Å². The first-order chi connectivity index (χ1) is 13.7. The Morgan fingerprint density at radius 3 is 2.24 bits per heavy atom. The molecule has 7 nitrogen and oxygen atoms in total. The highest BCUT2D eigenvalue weighted by molar-refractivity contribution is 9.10. The number of halogens is 1. The molecule has 0 N–H and O–H groups in total. The van der Waals surface area contributed by atoms with Gasteiger partial charge in [0.2, 0.25) is 0 Å². The number of benzene rings is 2. The lowest BCUT2D eigenvalue weighted by Crippen LogP contribution is -2.43. The predicted octanol–water partition coefficient (Wildman–Crippen LogP) is 3.56. The maximum atomic E-state index is 13.2. The summed E-state index contributed by atoms with van der Waals surface area (Å²) in [7, 11) is -2.92. The molecule has 1 aliphatic rings. The third-order valence-electron chi connectivity index (χ3n) is 4.24. The van der Waals surface area contributed by atoms with Crippen LogP contribution in [0.15, 0.2) is 63.6 Å². The Bertz CT molecular complexity index is 1120. The van der Waals surface area contributed by atoms with Crippen LogP contribution in [0.5, 0.6) is 0 Å². The topological polar surface area (TPSA) is 90.0 Å². The Morgan fingerprint density at radius 1 is 1.00 bits per heavy atom. The number of nitrogens with zero attached hydrogens (tertiary/aromatic N) is 1. The number of carbonyl (C=O) groups is 2. The molecule has 0 unspecified atom stereocenters.